The van der Waals surface area contributed by atoms with Crippen LogP contribution in [0.15, 0.2) is 23.5 Å². The second-order valence-electron chi connectivity index (χ2n) is 4.82. The molecular formula is C18H32O10. The van der Waals surface area contributed by atoms with E-state index in [2.05, 4.69) is 16.1 Å². The zero-order valence-corrected chi connectivity index (χ0v) is 17.9. The number of carboxylic acids is 1. The highest BCUT2D eigenvalue weighted by Crippen LogP contribution is 2.02. The second kappa shape index (κ2) is 24.0. The van der Waals surface area contributed by atoms with E-state index in [0.717, 1.165) is 19.6 Å². The Labute approximate surface area is 165 Å². The molecule has 0 rings (SSSR count). The number of aliphatic carboxylic acids is 1. The summed E-state index contributed by atoms with van der Waals surface area (Å²) < 4.78 is 8.50. The zero-order chi connectivity index (χ0) is 24.0. The van der Waals surface area contributed by atoms with Crippen molar-refractivity contribution in [3.8, 4) is 0 Å². The first-order valence-electron chi connectivity index (χ1n) is 7.49. The van der Waals surface area contributed by atoms with Gasteiger partial charge in [0, 0.05) is 19.6 Å². The normalized spacial score (nSPS) is 7.36. The molecule has 0 aromatic heterocycles. The number of hydrogen-bond donors (Lipinski definition) is 3. The summed E-state index contributed by atoms with van der Waals surface area (Å²) in [7, 11) is 3.55. The molecule has 0 spiro atoms. The summed E-state index contributed by atoms with van der Waals surface area (Å²) in [6.07, 6.45) is 0. The van der Waals surface area contributed by atoms with Crippen molar-refractivity contribution in [1.82, 2.24) is 0 Å². The van der Waals surface area contributed by atoms with Gasteiger partial charge in [0.15, 0.2) is 5.76 Å². The smallest absolute Gasteiger partial charge is 0.372 e. The minimum Gasteiger partial charge on any atom is -0.502 e. The molecule has 10 heteroatoms. The summed E-state index contributed by atoms with van der Waals surface area (Å²) in [4.78, 5) is 49.0. The quantitative estimate of drug-likeness (QED) is 0.270. The highest BCUT2D eigenvalue weighted by molar-refractivity contribution is 6.31. The third-order valence-corrected chi connectivity index (χ3v) is 1.96. The van der Waals surface area contributed by atoms with E-state index >= 15 is 0 Å². The molecule has 0 heterocycles. The van der Waals surface area contributed by atoms with Crippen molar-refractivity contribution in [3.05, 3.63) is 23.5 Å². The van der Waals surface area contributed by atoms with Gasteiger partial charge in [-0.2, -0.15) is 0 Å². The Morgan fingerprint density at radius 1 is 0.714 bits per heavy atom. The minimum absolute atomic E-state index is 0.167. The summed E-state index contributed by atoms with van der Waals surface area (Å²) in [5.41, 5.74) is 1.69. The Kier molecular flexibility index (Phi) is 30.8. The molecule has 0 radical (unpaired) electrons. The summed E-state index contributed by atoms with van der Waals surface area (Å²) in [5, 5.41) is 22.8. The molecule has 0 aromatic rings. The first kappa shape index (κ1) is 36.0. The number of rotatable bonds is 3. The fourth-order valence-corrected chi connectivity index (χ4v) is 0.475. The van der Waals surface area contributed by atoms with Gasteiger partial charge >= 0.3 is 17.9 Å². The van der Waals surface area contributed by atoms with E-state index in [1.807, 2.05) is 13.8 Å². The average Bonchev–Trinajstić information content (AvgIpc) is 2.61. The number of aliphatic hydroxyl groups excluding tert-OH is 2. The summed E-state index contributed by atoms with van der Waals surface area (Å²) in [6, 6.07) is 0. The predicted molar refractivity (Wildman–Crippen MR) is 103 cm³/mol. The van der Waals surface area contributed by atoms with E-state index in [4.69, 9.17) is 15.3 Å². The van der Waals surface area contributed by atoms with Crippen molar-refractivity contribution in [2.24, 2.45) is 0 Å². The molecule has 164 valence electrons. The molecule has 0 amide bonds. The van der Waals surface area contributed by atoms with Gasteiger partial charge in [0.1, 0.15) is 5.78 Å². The number of methoxy groups -OCH3 is 2. The van der Waals surface area contributed by atoms with Crippen LogP contribution in [0.5, 0.6) is 0 Å². The molecule has 0 saturated carbocycles. The summed E-state index contributed by atoms with van der Waals surface area (Å²) >= 11 is 0. The number of carbonyl (C=O) groups is 5. The van der Waals surface area contributed by atoms with Gasteiger partial charge in [0.25, 0.3) is 0 Å². The van der Waals surface area contributed by atoms with Gasteiger partial charge in [-0.25, -0.2) is 14.4 Å². The number of ketones is 2. The van der Waals surface area contributed by atoms with Crippen LogP contribution in [0.4, 0.5) is 0 Å². The summed E-state index contributed by atoms with van der Waals surface area (Å²) in [5.74, 6) is -3.64. The lowest BCUT2D eigenvalue weighted by Crippen LogP contribution is -2.05. The van der Waals surface area contributed by atoms with E-state index in [-0.39, 0.29) is 11.8 Å². The highest BCUT2D eigenvalue weighted by atomic mass is 16.5. The first-order chi connectivity index (χ1) is 12.6. The lowest BCUT2D eigenvalue weighted by molar-refractivity contribution is -0.148. The molecular weight excluding hydrogens is 376 g/mol. The number of allylic oxidation sites excluding steroid dienone is 1. The van der Waals surface area contributed by atoms with Crippen molar-refractivity contribution < 1.29 is 48.8 Å². The van der Waals surface area contributed by atoms with Crippen molar-refractivity contribution in [2.45, 2.75) is 41.5 Å². The van der Waals surface area contributed by atoms with Crippen LogP contribution in [0.3, 0.4) is 0 Å². The van der Waals surface area contributed by atoms with E-state index in [0.29, 0.717) is 5.57 Å². The van der Waals surface area contributed by atoms with Crippen molar-refractivity contribution >= 4 is 29.5 Å². The Bertz CT molecular complexity index is 525. The van der Waals surface area contributed by atoms with Crippen LogP contribution in [0.2, 0.25) is 0 Å². The van der Waals surface area contributed by atoms with Gasteiger partial charge in [0.05, 0.1) is 14.2 Å². The largest absolute Gasteiger partial charge is 0.502 e. The molecule has 0 fully saturated rings. The van der Waals surface area contributed by atoms with Gasteiger partial charge in [-0.3, -0.25) is 4.79 Å². The van der Waals surface area contributed by atoms with Crippen LogP contribution in [-0.4, -0.2) is 66.1 Å². The van der Waals surface area contributed by atoms with Gasteiger partial charge in [-0.1, -0.05) is 5.57 Å². The van der Waals surface area contributed by atoms with E-state index in [1.165, 1.54) is 28.1 Å². The topological polar surface area (TPSA) is 164 Å². The number of esters is 2. The average molecular weight is 408 g/mol. The number of aliphatic hydroxyl groups is 2. The van der Waals surface area contributed by atoms with Crippen LogP contribution < -0.4 is 0 Å². The van der Waals surface area contributed by atoms with Crippen LogP contribution >= 0.6 is 0 Å². The van der Waals surface area contributed by atoms with Crippen LogP contribution in [0.25, 0.3) is 0 Å². The van der Waals surface area contributed by atoms with Crippen LogP contribution in [0.1, 0.15) is 41.5 Å². The molecule has 0 aromatic carbocycles. The Hall–Kier alpha value is -3.01. The minimum atomic E-state index is -1.38. The number of carbonyl (C=O) groups excluding carboxylic acids is 4. The van der Waals surface area contributed by atoms with Gasteiger partial charge in [-0.15, -0.1) is 0 Å². The molecule has 28 heavy (non-hydrogen) atoms. The first-order valence-corrected chi connectivity index (χ1v) is 7.49. The third-order valence-electron chi connectivity index (χ3n) is 1.96. The van der Waals surface area contributed by atoms with Gasteiger partial charge in [0.2, 0.25) is 5.78 Å². The number of ether oxygens (including phenoxy) is 2. The van der Waals surface area contributed by atoms with Crippen molar-refractivity contribution in [3.63, 3.8) is 0 Å². The lowest BCUT2D eigenvalue weighted by Gasteiger charge is -1.98. The molecule has 0 aliphatic heterocycles. The Morgan fingerprint density at radius 2 is 0.964 bits per heavy atom. The van der Waals surface area contributed by atoms with Crippen molar-refractivity contribution in [1.29, 1.82) is 0 Å². The van der Waals surface area contributed by atoms with Crippen LogP contribution in [-0.2, 0) is 33.4 Å². The fourth-order valence-electron chi connectivity index (χ4n) is 0.475. The third kappa shape index (κ3) is 38.5. The van der Waals surface area contributed by atoms with Crippen molar-refractivity contribution in [2.75, 3.05) is 21.3 Å². The maximum atomic E-state index is 10.7. The molecule has 0 aliphatic rings. The lowest BCUT2D eigenvalue weighted by atomic mass is 10.2. The molecule has 0 saturated heterocycles. The molecule has 0 bridgehead atoms. The number of carboxylic acid groups (broad SMARTS) is 1. The second-order valence-corrected chi connectivity index (χ2v) is 4.82. The molecule has 0 aliphatic carbocycles. The molecule has 3 N–H and O–H groups in total. The molecule has 0 unspecified atom stereocenters. The predicted octanol–water partition coefficient (Wildman–Crippen LogP) is 1.61. The van der Waals surface area contributed by atoms with Gasteiger partial charge < -0.3 is 29.6 Å². The fraction of sp³-hybridized carbons (Fsp3) is 0.500. The Morgan fingerprint density at radius 3 is 1.00 bits per heavy atom. The number of hydrogen-bond acceptors (Lipinski definition) is 9. The standard InChI is InChI=1S/C7H12O2.C4H6O3.C3H4O3.C3H6O.CH4O/c1-5(2)6(3)7(8)9-4;1-3(5)4(6)7-2;1-2(4)3(5)6;1-3(2)4;1-2/h1-4H3;5H,1H2,2H3;1H3,(H,5,6);1-2H3;2H,1H3. The zero-order valence-electron chi connectivity index (χ0n) is 17.9. The van der Waals surface area contributed by atoms with E-state index < -0.39 is 23.5 Å². The summed E-state index contributed by atoms with van der Waals surface area (Å²) in [6.45, 7) is 12.5. The molecule has 10 nitrogen and oxygen atoms in total. The van der Waals surface area contributed by atoms with Gasteiger partial charge in [-0.05, 0) is 41.2 Å². The van der Waals surface area contributed by atoms with Crippen LogP contribution in [0, 0.1) is 0 Å². The molecule has 0 atom stereocenters. The van der Waals surface area contributed by atoms with E-state index in [1.54, 1.807) is 6.92 Å². The maximum absolute atomic E-state index is 10.7. The number of Topliss-reactive ketones (excluding diaryl/α,β-unsaturated/α-hetero) is 2. The Balaban J connectivity index is -0.0000000841. The maximum Gasteiger partial charge on any atom is 0.372 e. The SMILES string of the molecule is C=C(O)C(=O)OC.CC(=O)C(=O)O.CC(C)=O.CO.COC(=O)C(C)=C(C)C. The van der Waals surface area contributed by atoms with E-state index in [9.17, 15) is 24.0 Å². The monoisotopic (exact) mass is 408 g/mol. The highest BCUT2D eigenvalue weighted by Gasteiger charge is 2.02.